The number of thiazole rings is 1. The number of hydrogen-bond acceptors (Lipinski definition) is 6. The molecule has 1 aromatic carbocycles. The number of fused-ring (bicyclic) bond motifs is 1. The Balaban J connectivity index is 1.60. The number of rotatable bonds is 4. The van der Waals surface area contributed by atoms with Crippen molar-refractivity contribution in [3.8, 4) is 9.88 Å². The Morgan fingerprint density at radius 1 is 1.20 bits per heavy atom. The number of benzene rings is 1. The topological polar surface area (TPSA) is 47.8 Å². The summed E-state index contributed by atoms with van der Waals surface area (Å²) in [6.45, 7) is 1.98. The van der Waals surface area contributed by atoms with Gasteiger partial charge in [-0.05, 0) is 30.5 Å². The highest BCUT2D eigenvalue weighted by Crippen LogP contribution is 2.30. The third-order valence-corrected chi connectivity index (χ3v) is 6.82. The first-order chi connectivity index (χ1) is 12.1. The van der Waals surface area contributed by atoms with Gasteiger partial charge in [-0.15, -0.1) is 22.7 Å². The molecular formula is C18H15N3OS3. The second kappa shape index (κ2) is 6.74. The summed E-state index contributed by atoms with van der Waals surface area (Å²) in [5, 5.41) is 6.56. The van der Waals surface area contributed by atoms with Crippen molar-refractivity contribution < 1.29 is 0 Å². The molecule has 0 saturated carbocycles. The summed E-state index contributed by atoms with van der Waals surface area (Å²) in [5.41, 5.74) is 2.81. The summed E-state index contributed by atoms with van der Waals surface area (Å²) < 4.78 is 1.62. The Bertz CT molecular complexity index is 1100. The van der Waals surface area contributed by atoms with Crippen LogP contribution in [-0.2, 0) is 12.8 Å². The van der Waals surface area contributed by atoms with Crippen molar-refractivity contribution in [2.24, 2.45) is 7.05 Å². The molecule has 126 valence electrons. The van der Waals surface area contributed by atoms with Gasteiger partial charge in [-0.1, -0.05) is 29.5 Å². The molecule has 4 rings (SSSR count). The average molecular weight is 386 g/mol. The Hall–Kier alpha value is -1.96. The number of aryl methyl sites for hydroxylation is 1. The Morgan fingerprint density at radius 3 is 2.88 bits per heavy atom. The van der Waals surface area contributed by atoms with Crippen molar-refractivity contribution in [1.82, 2.24) is 14.5 Å². The molecule has 0 spiro atoms. The summed E-state index contributed by atoms with van der Waals surface area (Å²) in [7, 11) is 1.78. The summed E-state index contributed by atoms with van der Waals surface area (Å²) in [6, 6.07) is 9.90. The van der Waals surface area contributed by atoms with Gasteiger partial charge in [0.05, 0.1) is 21.5 Å². The predicted molar refractivity (Wildman–Crippen MR) is 107 cm³/mol. The van der Waals surface area contributed by atoms with Crippen LogP contribution in [0.5, 0.6) is 0 Å². The van der Waals surface area contributed by atoms with E-state index in [0.717, 1.165) is 21.8 Å². The van der Waals surface area contributed by atoms with Gasteiger partial charge in [0.25, 0.3) is 5.56 Å². The zero-order chi connectivity index (χ0) is 17.4. The fourth-order valence-electron chi connectivity index (χ4n) is 2.52. The summed E-state index contributed by atoms with van der Waals surface area (Å²) in [4.78, 5) is 23.1. The molecule has 3 aromatic heterocycles. The summed E-state index contributed by atoms with van der Waals surface area (Å²) in [5.74, 6) is 0.694. The van der Waals surface area contributed by atoms with E-state index in [1.165, 1.54) is 4.88 Å². The van der Waals surface area contributed by atoms with Gasteiger partial charge in [0, 0.05) is 18.2 Å². The molecule has 0 aliphatic heterocycles. The molecule has 0 aliphatic carbocycles. The highest BCUT2D eigenvalue weighted by atomic mass is 32.2. The average Bonchev–Trinajstić information content (AvgIpc) is 3.28. The lowest BCUT2D eigenvalue weighted by molar-refractivity contribution is 0.726. The van der Waals surface area contributed by atoms with Crippen LogP contribution in [0.3, 0.4) is 0 Å². The maximum atomic E-state index is 12.6. The first kappa shape index (κ1) is 16.5. The second-order valence-electron chi connectivity index (χ2n) is 5.69. The minimum Gasteiger partial charge on any atom is -0.290 e. The minimum atomic E-state index is -0.00578. The first-order valence-corrected chi connectivity index (χ1v) is 10.4. The van der Waals surface area contributed by atoms with Crippen LogP contribution in [0.2, 0.25) is 0 Å². The van der Waals surface area contributed by atoms with E-state index in [4.69, 9.17) is 0 Å². The van der Waals surface area contributed by atoms with Crippen LogP contribution in [0.1, 0.15) is 11.3 Å². The number of thioether (sulfide) groups is 1. The molecule has 4 nitrogen and oxygen atoms in total. The Morgan fingerprint density at radius 2 is 2.08 bits per heavy atom. The number of aromatic nitrogens is 3. The largest absolute Gasteiger partial charge is 0.290 e. The van der Waals surface area contributed by atoms with Gasteiger partial charge in [-0.2, -0.15) is 0 Å². The van der Waals surface area contributed by atoms with E-state index in [1.807, 2.05) is 31.2 Å². The third-order valence-electron chi connectivity index (χ3n) is 3.82. The van der Waals surface area contributed by atoms with Crippen LogP contribution in [0.4, 0.5) is 0 Å². The van der Waals surface area contributed by atoms with Crippen molar-refractivity contribution in [2.75, 3.05) is 0 Å². The van der Waals surface area contributed by atoms with E-state index in [2.05, 4.69) is 26.8 Å². The molecule has 0 bridgehead atoms. The molecule has 0 fully saturated rings. The molecule has 0 radical (unpaired) electrons. The smallest absolute Gasteiger partial charge is 0.261 e. The fourth-order valence-corrected chi connectivity index (χ4v) is 5.12. The van der Waals surface area contributed by atoms with Crippen molar-refractivity contribution in [3.63, 3.8) is 0 Å². The van der Waals surface area contributed by atoms with Gasteiger partial charge in [-0.3, -0.25) is 9.36 Å². The van der Waals surface area contributed by atoms with Gasteiger partial charge in [0.15, 0.2) is 5.16 Å². The van der Waals surface area contributed by atoms with Crippen molar-refractivity contribution in [2.45, 2.75) is 17.8 Å². The summed E-state index contributed by atoms with van der Waals surface area (Å²) in [6.07, 6.45) is 0. The molecule has 0 aliphatic rings. The molecule has 3 heterocycles. The zero-order valence-electron chi connectivity index (χ0n) is 13.7. The molecule has 0 unspecified atom stereocenters. The maximum absolute atomic E-state index is 12.6. The lowest BCUT2D eigenvalue weighted by Crippen LogP contribution is -2.20. The van der Waals surface area contributed by atoms with Gasteiger partial charge < -0.3 is 0 Å². The second-order valence-corrected chi connectivity index (χ2v) is 8.44. The lowest BCUT2D eigenvalue weighted by Gasteiger charge is -2.08. The maximum Gasteiger partial charge on any atom is 0.261 e. The van der Waals surface area contributed by atoms with Crippen LogP contribution in [0, 0.1) is 6.92 Å². The molecule has 0 amide bonds. The number of thiophene rings is 1. The fraction of sp³-hybridized carbons (Fsp3) is 0.167. The van der Waals surface area contributed by atoms with E-state index in [1.54, 1.807) is 46.1 Å². The van der Waals surface area contributed by atoms with Crippen molar-refractivity contribution in [3.05, 3.63) is 62.7 Å². The van der Waals surface area contributed by atoms with Crippen LogP contribution in [-0.4, -0.2) is 14.5 Å². The molecule has 7 heteroatoms. The molecule has 0 saturated heterocycles. The highest BCUT2D eigenvalue weighted by Gasteiger charge is 2.11. The normalized spacial score (nSPS) is 11.3. The predicted octanol–water partition coefficient (Wildman–Crippen LogP) is 4.72. The van der Waals surface area contributed by atoms with Gasteiger partial charge in [0.2, 0.25) is 0 Å². The van der Waals surface area contributed by atoms with E-state index in [-0.39, 0.29) is 5.56 Å². The van der Waals surface area contributed by atoms with Crippen LogP contribution >= 0.6 is 34.4 Å². The summed E-state index contributed by atoms with van der Waals surface area (Å²) >= 11 is 4.89. The molecule has 0 atom stereocenters. The van der Waals surface area contributed by atoms with Gasteiger partial charge in [-0.25, -0.2) is 9.97 Å². The standard InChI is InChI=1S/C18H15N3OS3/c1-11-5-6-14-13(8-11)17(22)21(2)18(20-14)25-10-12-9-24-16(19-12)15-4-3-7-23-15/h3-9H,10H2,1-2H3. The highest BCUT2D eigenvalue weighted by molar-refractivity contribution is 7.98. The quantitative estimate of drug-likeness (QED) is 0.377. The van der Waals surface area contributed by atoms with E-state index < -0.39 is 0 Å². The number of hydrogen-bond donors (Lipinski definition) is 0. The molecule has 0 N–H and O–H groups in total. The van der Waals surface area contributed by atoms with Crippen molar-refractivity contribution >= 4 is 45.3 Å². The monoisotopic (exact) mass is 385 g/mol. The SMILES string of the molecule is Cc1ccc2nc(SCc3csc(-c4cccs4)n3)n(C)c(=O)c2c1. The zero-order valence-corrected chi connectivity index (χ0v) is 16.2. The van der Waals surface area contributed by atoms with Crippen molar-refractivity contribution in [1.29, 1.82) is 0 Å². The number of nitrogens with zero attached hydrogens (tertiary/aromatic N) is 3. The van der Waals surface area contributed by atoms with Crippen LogP contribution in [0.15, 0.2) is 51.0 Å². The van der Waals surface area contributed by atoms with Crippen LogP contribution < -0.4 is 5.56 Å². The Kier molecular flexibility index (Phi) is 4.45. The van der Waals surface area contributed by atoms with E-state index in [9.17, 15) is 4.79 Å². The van der Waals surface area contributed by atoms with Gasteiger partial charge >= 0.3 is 0 Å². The minimum absolute atomic E-state index is 0.00578. The van der Waals surface area contributed by atoms with Gasteiger partial charge in [0.1, 0.15) is 5.01 Å². The van der Waals surface area contributed by atoms with E-state index in [0.29, 0.717) is 16.3 Å². The first-order valence-electron chi connectivity index (χ1n) is 7.70. The Labute approximate surface area is 157 Å². The molecule has 25 heavy (non-hydrogen) atoms. The lowest BCUT2D eigenvalue weighted by atomic mass is 10.2. The molecular weight excluding hydrogens is 370 g/mol. The van der Waals surface area contributed by atoms with E-state index >= 15 is 0 Å². The molecule has 4 aromatic rings. The third kappa shape index (κ3) is 3.27. The van der Waals surface area contributed by atoms with Crippen LogP contribution in [0.25, 0.3) is 20.8 Å².